The Morgan fingerprint density at radius 3 is 3.05 bits per heavy atom. The van der Waals surface area contributed by atoms with Crippen LogP contribution < -0.4 is 5.32 Å². The van der Waals surface area contributed by atoms with E-state index in [1.165, 1.54) is 25.9 Å². The van der Waals surface area contributed by atoms with Gasteiger partial charge in [-0.05, 0) is 44.0 Å². The molecular formula is C16H19N3O2. The number of hydrogen-bond acceptors (Lipinski definition) is 4. The van der Waals surface area contributed by atoms with E-state index in [0.717, 1.165) is 23.2 Å². The molecule has 0 aliphatic carbocycles. The number of amides is 1. The number of rotatable bonds is 3. The standard InChI is InChI=1S/C16H19N3O2/c20-16(18-14-10-19-4-1-11(14)2-5-19)8-13-7-12-3-6-21-15(12)9-17-13/h3,6-7,9,11,14H,1-2,4-5,8,10H2,(H,18,20)/t14-/m0/s1. The van der Waals surface area contributed by atoms with Crippen LogP contribution >= 0.6 is 0 Å². The minimum absolute atomic E-state index is 0.0732. The first-order valence-corrected chi connectivity index (χ1v) is 7.62. The van der Waals surface area contributed by atoms with Crippen molar-refractivity contribution in [1.82, 2.24) is 15.2 Å². The van der Waals surface area contributed by atoms with Crippen LogP contribution in [0.1, 0.15) is 18.5 Å². The van der Waals surface area contributed by atoms with Crippen molar-refractivity contribution in [3.8, 4) is 0 Å². The van der Waals surface area contributed by atoms with Crippen molar-refractivity contribution >= 4 is 16.9 Å². The molecule has 1 amide bonds. The molecular weight excluding hydrogens is 266 g/mol. The number of furan rings is 1. The molecule has 3 aliphatic rings. The van der Waals surface area contributed by atoms with E-state index in [1.54, 1.807) is 12.5 Å². The lowest BCUT2D eigenvalue weighted by Gasteiger charge is -2.44. The third-order valence-corrected chi connectivity index (χ3v) is 4.74. The molecule has 5 heteroatoms. The van der Waals surface area contributed by atoms with Gasteiger partial charge in [-0.15, -0.1) is 0 Å². The van der Waals surface area contributed by atoms with Gasteiger partial charge in [0.15, 0.2) is 5.58 Å². The van der Waals surface area contributed by atoms with Gasteiger partial charge in [0.25, 0.3) is 0 Å². The lowest BCUT2D eigenvalue weighted by molar-refractivity contribution is -0.122. The van der Waals surface area contributed by atoms with E-state index < -0.39 is 0 Å². The fourth-order valence-corrected chi connectivity index (χ4v) is 3.56. The van der Waals surface area contributed by atoms with Gasteiger partial charge in [-0.1, -0.05) is 0 Å². The highest BCUT2D eigenvalue weighted by atomic mass is 16.3. The largest absolute Gasteiger partial charge is 0.463 e. The molecule has 5 rings (SSSR count). The molecule has 21 heavy (non-hydrogen) atoms. The monoisotopic (exact) mass is 285 g/mol. The Labute approximate surface area is 123 Å². The van der Waals surface area contributed by atoms with Crippen molar-refractivity contribution in [2.75, 3.05) is 19.6 Å². The molecule has 5 nitrogen and oxygen atoms in total. The summed E-state index contributed by atoms with van der Waals surface area (Å²) in [6, 6.07) is 4.14. The van der Waals surface area contributed by atoms with E-state index in [1.807, 2.05) is 12.1 Å². The van der Waals surface area contributed by atoms with Crippen LogP contribution in [0.25, 0.3) is 11.0 Å². The Morgan fingerprint density at radius 1 is 1.43 bits per heavy atom. The molecule has 3 fully saturated rings. The molecule has 5 heterocycles. The molecule has 3 aliphatic heterocycles. The van der Waals surface area contributed by atoms with Gasteiger partial charge in [0.2, 0.25) is 5.91 Å². The van der Waals surface area contributed by atoms with Crippen LogP contribution in [0.2, 0.25) is 0 Å². The number of hydrogen-bond donors (Lipinski definition) is 1. The van der Waals surface area contributed by atoms with Crippen molar-refractivity contribution in [1.29, 1.82) is 0 Å². The molecule has 0 spiro atoms. The zero-order chi connectivity index (χ0) is 14.2. The first-order valence-electron chi connectivity index (χ1n) is 7.62. The van der Waals surface area contributed by atoms with Gasteiger partial charge in [-0.25, -0.2) is 0 Å². The summed E-state index contributed by atoms with van der Waals surface area (Å²) in [6.45, 7) is 3.39. The molecule has 3 saturated heterocycles. The number of carbonyl (C=O) groups excluding carboxylic acids is 1. The quantitative estimate of drug-likeness (QED) is 0.930. The summed E-state index contributed by atoms with van der Waals surface area (Å²) in [5, 5.41) is 4.19. The predicted octanol–water partition coefficient (Wildman–Crippen LogP) is 1.58. The normalized spacial score (nSPS) is 27.9. The van der Waals surface area contributed by atoms with Gasteiger partial charge in [-0.2, -0.15) is 0 Å². The fraction of sp³-hybridized carbons (Fsp3) is 0.500. The number of nitrogens with one attached hydrogen (secondary N) is 1. The lowest BCUT2D eigenvalue weighted by Crippen LogP contribution is -2.57. The summed E-state index contributed by atoms with van der Waals surface area (Å²) in [5.41, 5.74) is 1.55. The molecule has 0 saturated carbocycles. The number of aromatic nitrogens is 1. The van der Waals surface area contributed by atoms with Gasteiger partial charge in [0.05, 0.1) is 24.6 Å². The Morgan fingerprint density at radius 2 is 2.29 bits per heavy atom. The minimum Gasteiger partial charge on any atom is -0.463 e. The fourth-order valence-electron chi connectivity index (χ4n) is 3.56. The van der Waals surface area contributed by atoms with Gasteiger partial charge >= 0.3 is 0 Å². The van der Waals surface area contributed by atoms with Crippen LogP contribution in [0.5, 0.6) is 0 Å². The summed E-state index contributed by atoms with van der Waals surface area (Å²) in [5.74, 6) is 0.729. The Hall–Kier alpha value is -1.88. The van der Waals surface area contributed by atoms with Crippen molar-refractivity contribution < 1.29 is 9.21 Å². The van der Waals surface area contributed by atoms with E-state index in [9.17, 15) is 4.79 Å². The summed E-state index contributed by atoms with van der Waals surface area (Å²) >= 11 is 0. The predicted molar refractivity (Wildman–Crippen MR) is 78.8 cm³/mol. The second kappa shape index (κ2) is 5.15. The van der Waals surface area contributed by atoms with E-state index in [0.29, 0.717) is 18.4 Å². The first-order chi connectivity index (χ1) is 10.3. The first kappa shape index (κ1) is 12.8. The van der Waals surface area contributed by atoms with Gasteiger partial charge in [0.1, 0.15) is 0 Å². The van der Waals surface area contributed by atoms with Crippen LogP contribution in [0.4, 0.5) is 0 Å². The Kier molecular flexibility index (Phi) is 3.15. The molecule has 0 unspecified atom stereocenters. The van der Waals surface area contributed by atoms with Crippen molar-refractivity contribution in [2.45, 2.75) is 25.3 Å². The highest BCUT2D eigenvalue weighted by Gasteiger charge is 2.34. The Bertz CT molecular complexity index is 658. The van der Waals surface area contributed by atoms with Crippen LogP contribution in [-0.2, 0) is 11.2 Å². The number of carbonyl (C=O) groups is 1. The van der Waals surface area contributed by atoms with Gasteiger partial charge in [0, 0.05) is 18.0 Å². The van der Waals surface area contributed by atoms with E-state index in [-0.39, 0.29) is 5.91 Å². The lowest BCUT2D eigenvalue weighted by atomic mass is 9.84. The second-order valence-electron chi connectivity index (χ2n) is 6.12. The molecule has 0 aromatic carbocycles. The number of fused-ring (bicyclic) bond motifs is 4. The maximum absolute atomic E-state index is 12.2. The van der Waals surface area contributed by atoms with Crippen LogP contribution in [0, 0.1) is 5.92 Å². The smallest absolute Gasteiger partial charge is 0.226 e. The zero-order valence-electron chi connectivity index (χ0n) is 11.9. The minimum atomic E-state index is 0.0732. The average molecular weight is 285 g/mol. The SMILES string of the molecule is O=C(Cc1cc2ccoc2cn1)N[C@H]1CN2CCC1CC2. The summed E-state index contributed by atoms with van der Waals surface area (Å²) < 4.78 is 5.26. The van der Waals surface area contributed by atoms with E-state index in [4.69, 9.17) is 4.42 Å². The second-order valence-corrected chi connectivity index (χ2v) is 6.12. The number of piperidine rings is 3. The zero-order valence-corrected chi connectivity index (χ0v) is 11.9. The topological polar surface area (TPSA) is 58.4 Å². The molecule has 1 atom stereocenters. The highest BCUT2D eigenvalue weighted by molar-refractivity contribution is 5.81. The van der Waals surface area contributed by atoms with Crippen LogP contribution in [-0.4, -0.2) is 41.5 Å². The highest BCUT2D eigenvalue weighted by Crippen LogP contribution is 2.27. The van der Waals surface area contributed by atoms with Gasteiger partial charge < -0.3 is 14.6 Å². The molecule has 0 radical (unpaired) electrons. The number of pyridine rings is 1. The summed E-state index contributed by atoms with van der Waals surface area (Å²) in [6.07, 6.45) is 6.09. The summed E-state index contributed by atoms with van der Waals surface area (Å²) in [7, 11) is 0. The third-order valence-electron chi connectivity index (χ3n) is 4.74. The maximum Gasteiger partial charge on any atom is 0.226 e. The molecule has 2 aromatic heterocycles. The maximum atomic E-state index is 12.2. The van der Waals surface area contributed by atoms with Crippen molar-refractivity contribution in [3.05, 3.63) is 30.3 Å². The van der Waals surface area contributed by atoms with Crippen molar-refractivity contribution in [2.24, 2.45) is 5.92 Å². The Balaban J connectivity index is 1.41. The average Bonchev–Trinajstić information content (AvgIpc) is 2.96. The van der Waals surface area contributed by atoms with Crippen LogP contribution in [0.15, 0.2) is 29.0 Å². The molecule has 2 bridgehead atoms. The molecule has 110 valence electrons. The third kappa shape index (κ3) is 2.53. The van der Waals surface area contributed by atoms with E-state index in [2.05, 4.69) is 15.2 Å². The molecule has 2 aromatic rings. The van der Waals surface area contributed by atoms with Crippen molar-refractivity contribution in [3.63, 3.8) is 0 Å². The summed E-state index contributed by atoms with van der Waals surface area (Å²) in [4.78, 5) is 19.0. The number of nitrogens with zero attached hydrogens (tertiary/aromatic N) is 2. The van der Waals surface area contributed by atoms with E-state index >= 15 is 0 Å². The molecule has 1 N–H and O–H groups in total. The van der Waals surface area contributed by atoms with Crippen LogP contribution in [0.3, 0.4) is 0 Å². The van der Waals surface area contributed by atoms with Gasteiger partial charge in [-0.3, -0.25) is 9.78 Å².